The highest BCUT2D eigenvalue weighted by Gasteiger charge is 2.24. The van der Waals surface area contributed by atoms with Crippen molar-refractivity contribution in [3.8, 4) is 0 Å². The van der Waals surface area contributed by atoms with E-state index < -0.39 is 0 Å². The molecule has 0 spiro atoms. The van der Waals surface area contributed by atoms with E-state index in [1.54, 1.807) is 0 Å². The second kappa shape index (κ2) is 5.27. The molecule has 0 unspecified atom stereocenters. The van der Waals surface area contributed by atoms with Crippen molar-refractivity contribution >= 4 is 11.9 Å². The molecule has 1 saturated carbocycles. The normalized spacial score (nSPS) is 21.5. The fourth-order valence-corrected chi connectivity index (χ4v) is 1.58. The fourth-order valence-electron chi connectivity index (χ4n) is 1.58. The number of urea groups is 1. The SMILES string of the molecule is O=C(CN1CCOCC1)NC(=O)NC1CC1. The van der Waals surface area contributed by atoms with Gasteiger partial charge in [-0.3, -0.25) is 15.0 Å². The average Bonchev–Trinajstić information content (AvgIpc) is 3.02. The zero-order chi connectivity index (χ0) is 11.4. The lowest BCUT2D eigenvalue weighted by Gasteiger charge is -2.25. The van der Waals surface area contributed by atoms with E-state index in [4.69, 9.17) is 4.74 Å². The maximum atomic E-state index is 11.5. The zero-order valence-electron chi connectivity index (χ0n) is 9.20. The summed E-state index contributed by atoms with van der Waals surface area (Å²) in [7, 11) is 0. The molecule has 0 aromatic heterocycles. The number of nitrogens with one attached hydrogen (secondary N) is 2. The molecule has 0 atom stereocenters. The van der Waals surface area contributed by atoms with Crippen molar-refractivity contribution in [3.63, 3.8) is 0 Å². The molecule has 0 bridgehead atoms. The Labute approximate surface area is 94.3 Å². The van der Waals surface area contributed by atoms with Crippen LogP contribution in [0.3, 0.4) is 0 Å². The summed E-state index contributed by atoms with van der Waals surface area (Å²) in [5.74, 6) is -0.250. The van der Waals surface area contributed by atoms with Crippen LogP contribution in [0.15, 0.2) is 0 Å². The van der Waals surface area contributed by atoms with E-state index >= 15 is 0 Å². The van der Waals surface area contributed by atoms with Gasteiger partial charge in [-0.05, 0) is 12.8 Å². The largest absolute Gasteiger partial charge is 0.379 e. The summed E-state index contributed by atoms with van der Waals surface area (Å²) in [5, 5.41) is 5.04. The van der Waals surface area contributed by atoms with Crippen LogP contribution in [0.2, 0.25) is 0 Å². The molecule has 90 valence electrons. The first-order chi connectivity index (χ1) is 7.74. The molecular weight excluding hydrogens is 210 g/mol. The maximum absolute atomic E-state index is 11.5. The number of morpholine rings is 1. The number of rotatable bonds is 3. The lowest BCUT2D eigenvalue weighted by Crippen LogP contribution is -2.47. The van der Waals surface area contributed by atoms with Gasteiger partial charge in [0.05, 0.1) is 19.8 Å². The Morgan fingerprint density at radius 1 is 1.25 bits per heavy atom. The van der Waals surface area contributed by atoms with Gasteiger partial charge in [-0.15, -0.1) is 0 Å². The van der Waals surface area contributed by atoms with Gasteiger partial charge < -0.3 is 10.1 Å². The van der Waals surface area contributed by atoms with Crippen molar-refractivity contribution in [2.24, 2.45) is 0 Å². The van der Waals surface area contributed by atoms with Crippen molar-refractivity contribution in [3.05, 3.63) is 0 Å². The van der Waals surface area contributed by atoms with Gasteiger partial charge in [0.25, 0.3) is 0 Å². The van der Waals surface area contributed by atoms with Crippen LogP contribution in [0.25, 0.3) is 0 Å². The lowest BCUT2D eigenvalue weighted by atomic mass is 10.4. The quantitative estimate of drug-likeness (QED) is 0.669. The molecule has 6 heteroatoms. The molecule has 2 rings (SSSR count). The van der Waals surface area contributed by atoms with Crippen molar-refractivity contribution in [1.29, 1.82) is 0 Å². The van der Waals surface area contributed by atoms with Crippen LogP contribution < -0.4 is 10.6 Å². The molecule has 1 heterocycles. The van der Waals surface area contributed by atoms with E-state index in [1.165, 1.54) is 0 Å². The summed E-state index contributed by atoms with van der Waals surface area (Å²) >= 11 is 0. The van der Waals surface area contributed by atoms with Gasteiger partial charge in [-0.1, -0.05) is 0 Å². The smallest absolute Gasteiger partial charge is 0.321 e. The predicted molar refractivity (Wildman–Crippen MR) is 57.0 cm³/mol. The first kappa shape index (κ1) is 11.3. The molecule has 6 nitrogen and oxygen atoms in total. The van der Waals surface area contributed by atoms with Gasteiger partial charge in [0, 0.05) is 19.1 Å². The summed E-state index contributed by atoms with van der Waals surface area (Å²) in [4.78, 5) is 24.7. The Balaban J connectivity index is 1.64. The first-order valence-electron chi connectivity index (χ1n) is 5.64. The average molecular weight is 227 g/mol. The number of imide groups is 1. The number of ether oxygens (including phenoxy) is 1. The third-order valence-electron chi connectivity index (χ3n) is 2.64. The van der Waals surface area contributed by atoms with Crippen LogP contribution in [0.1, 0.15) is 12.8 Å². The summed E-state index contributed by atoms with van der Waals surface area (Å²) in [6.07, 6.45) is 2.04. The van der Waals surface area contributed by atoms with Crippen LogP contribution in [-0.4, -0.2) is 55.7 Å². The van der Waals surface area contributed by atoms with Crippen molar-refractivity contribution < 1.29 is 14.3 Å². The summed E-state index contributed by atoms with van der Waals surface area (Å²) in [6, 6.07) is -0.100. The molecular formula is C10H17N3O3. The van der Waals surface area contributed by atoms with Crippen molar-refractivity contribution in [2.75, 3.05) is 32.8 Å². The molecule has 1 aliphatic heterocycles. The van der Waals surface area contributed by atoms with E-state index in [0.717, 1.165) is 25.9 Å². The molecule has 2 aliphatic rings. The molecule has 0 radical (unpaired) electrons. The highest BCUT2D eigenvalue weighted by Crippen LogP contribution is 2.18. The van der Waals surface area contributed by atoms with Crippen LogP contribution in [0, 0.1) is 0 Å². The fraction of sp³-hybridized carbons (Fsp3) is 0.800. The molecule has 2 N–H and O–H groups in total. The summed E-state index contributed by atoms with van der Waals surface area (Å²) in [6.45, 7) is 3.07. The lowest BCUT2D eigenvalue weighted by molar-refractivity contribution is -0.122. The number of nitrogens with zero attached hydrogens (tertiary/aromatic N) is 1. The van der Waals surface area contributed by atoms with Crippen LogP contribution >= 0.6 is 0 Å². The highest BCUT2D eigenvalue weighted by molar-refractivity contribution is 5.95. The summed E-state index contributed by atoms with van der Waals surface area (Å²) in [5.41, 5.74) is 0. The molecule has 2 fully saturated rings. The second-order valence-corrected chi connectivity index (χ2v) is 4.18. The zero-order valence-corrected chi connectivity index (χ0v) is 9.20. The minimum atomic E-state index is -0.374. The molecule has 16 heavy (non-hydrogen) atoms. The Hall–Kier alpha value is -1.14. The number of carbonyl (C=O) groups is 2. The monoisotopic (exact) mass is 227 g/mol. The van der Waals surface area contributed by atoms with Crippen molar-refractivity contribution in [1.82, 2.24) is 15.5 Å². The number of carbonyl (C=O) groups excluding carboxylic acids is 2. The number of amides is 3. The minimum absolute atomic E-state index is 0.250. The Morgan fingerprint density at radius 3 is 2.56 bits per heavy atom. The van der Waals surface area contributed by atoms with E-state index in [2.05, 4.69) is 10.6 Å². The van der Waals surface area contributed by atoms with Gasteiger partial charge in [0.1, 0.15) is 0 Å². The minimum Gasteiger partial charge on any atom is -0.379 e. The van der Waals surface area contributed by atoms with Crippen LogP contribution in [-0.2, 0) is 9.53 Å². The highest BCUT2D eigenvalue weighted by atomic mass is 16.5. The van der Waals surface area contributed by atoms with E-state index in [-0.39, 0.29) is 24.5 Å². The molecule has 0 aromatic rings. The summed E-state index contributed by atoms with van der Waals surface area (Å²) < 4.78 is 5.17. The van der Waals surface area contributed by atoms with Gasteiger partial charge in [-0.25, -0.2) is 4.79 Å². The van der Waals surface area contributed by atoms with Crippen LogP contribution in [0.4, 0.5) is 4.79 Å². The number of hydrogen-bond donors (Lipinski definition) is 2. The Bertz CT molecular complexity index is 272. The maximum Gasteiger partial charge on any atom is 0.321 e. The van der Waals surface area contributed by atoms with Crippen LogP contribution in [0.5, 0.6) is 0 Å². The Kier molecular flexibility index (Phi) is 3.74. The van der Waals surface area contributed by atoms with Gasteiger partial charge in [-0.2, -0.15) is 0 Å². The first-order valence-corrected chi connectivity index (χ1v) is 5.64. The van der Waals surface area contributed by atoms with Gasteiger partial charge in [0.15, 0.2) is 0 Å². The van der Waals surface area contributed by atoms with Gasteiger partial charge in [0.2, 0.25) is 5.91 Å². The Morgan fingerprint density at radius 2 is 1.94 bits per heavy atom. The van der Waals surface area contributed by atoms with E-state index in [1.807, 2.05) is 4.90 Å². The van der Waals surface area contributed by atoms with Gasteiger partial charge >= 0.3 is 6.03 Å². The molecule has 1 aliphatic carbocycles. The molecule has 0 aromatic carbocycles. The topological polar surface area (TPSA) is 70.7 Å². The molecule has 3 amide bonds. The van der Waals surface area contributed by atoms with E-state index in [0.29, 0.717) is 13.2 Å². The van der Waals surface area contributed by atoms with E-state index in [9.17, 15) is 9.59 Å². The standard InChI is InChI=1S/C10H17N3O3/c14-9(7-13-3-5-16-6-4-13)12-10(15)11-8-1-2-8/h8H,1-7H2,(H2,11,12,14,15). The second-order valence-electron chi connectivity index (χ2n) is 4.18. The third kappa shape index (κ3) is 3.79. The predicted octanol–water partition coefficient (Wildman–Crippen LogP) is -0.693. The molecule has 1 saturated heterocycles. The van der Waals surface area contributed by atoms with Crippen molar-refractivity contribution in [2.45, 2.75) is 18.9 Å². The number of hydrogen-bond acceptors (Lipinski definition) is 4. The third-order valence-corrected chi connectivity index (χ3v) is 2.64.